The molecule has 2 fully saturated rings. The van der Waals surface area contributed by atoms with Gasteiger partial charge in [-0.3, -0.25) is 14.5 Å². The summed E-state index contributed by atoms with van der Waals surface area (Å²) in [4.78, 5) is 38.3. The molecule has 7 nitrogen and oxygen atoms in total. The molecule has 0 radical (unpaired) electrons. The van der Waals surface area contributed by atoms with Crippen molar-refractivity contribution in [3.63, 3.8) is 0 Å². The van der Waals surface area contributed by atoms with Gasteiger partial charge in [-0.05, 0) is 37.7 Å². The number of nitrogens with zero attached hydrogens (tertiary/aromatic N) is 3. The number of fused-ring (bicyclic) bond motifs is 1. The summed E-state index contributed by atoms with van der Waals surface area (Å²) in [5.41, 5.74) is 2.85. The lowest BCUT2D eigenvalue weighted by molar-refractivity contribution is -0.132. The van der Waals surface area contributed by atoms with Gasteiger partial charge in [0.2, 0.25) is 5.91 Å². The fourth-order valence-corrected chi connectivity index (χ4v) is 5.37. The molecule has 2 saturated heterocycles. The molecule has 1 atom stereocenters. The van der Waals surface area contributed by atoms with Crippen molar-refractivity contribution in [2.24, 2.45) is 0 Å². The molecule has 0 bridgehead atoms. The minimum atomic E-state index is -0.121. The van der Waals surface area contributed by atoms with Crippen LogP contribution in [0.5, 0.6) is 0 Å². The molecule has 170 valence electrons. The fourth-order valence-electron chi connectivity index (χ4n) is 5.37. The van der Waals surface area contributed by atoms with Crippen molar-refractivity contribution >= 4 is 5.91 Å². The largest absolute Gasteiger partial charge is 0.381 e. The van der Waals surface area contributed by atoms with Crippen LogP contribution in [-0.4, -0.2) is 58.0 Å². The molecule has 32 heavy (non-hydrogen) atoms. The fraction of sp³-hybridized carbons (Fsp3) is 0.560. The van der Waals surface area contributed by atoms with Crippen LogP contribution in [0.4, 0.5) is 0 Å². The van der Waals surface area contributed by atoms with Crippen molar-refractivity contribution in [1.29, 1.82) is 0 Å². The van der Waals surface area contributed by atoms with E-state index in [4.69, 9.17) is 9.72 Å². The second-order valence-electron chi connectivity index (χ2n) is 9.17. The summed E-state index contributed by atoms with van der Waals surface area (Å²) in [5.74, 6) is 0.807. The highest BCUT2D eigenvalue weighted by Crippen LogP contribution is 2.31. The van der Waals surface area contributed by atoms with Gasteiger partial charge in [0.15, 0.2) is 0 Å². The number of aromatic nitrogens is 2. The van der Waals surface area contributed by atoms with Crippen LogP contribution >= 0.6 is 0 Å². The van der Waals surface area contributed by atoms with Gasteiger partial charge in [-0.2, -0.15) is 0 Å². The average Bonchev–Trinajstić information content (AvgIpc) is 3.34. The first-order chi connectivity index (χ1) is 15.7. The Balaban J connectivity index is 1.29. The van der Waals surface area contributed by atoms with Gasteiger partial charge in [0.1, 0.15) is 5.82 Å². The van der Waals surface area contributed by atoms with Crippen LogP contribution < -0.4 is 5.56 Å². The molecule has 3 aliphatic rings. The van der Waals surface area contributed by atoms with E-state index in [1.54, 1.807) is 0 Å². The van der Waals surface area contributed by atoms with Gasteiger partial charge in [0.25, 0.3) is 5.56 Å². The Kier molecular flexibility index (Phi) is 6.37. The second-order valence-corrected chi connectivity index (χ2v) is 9.17. The Bertz CT molecular complexity index is 1000. The van der Waals surface area contributed by atoms with E-state index in [1.807, 2.05) is 23.1 Å². The summed E-state index contributed by atoms with van der Waals surface area (Å²) in [7, 11) is 0. The zero-order valence-corrected chi connectivity index (χ0v) is 18.6. The monoisotopic (exact) mass is 436 g/mol. The first-order valence-corrected chi connectivity index (χ1v) is 12.0. The summed E-state index contributed by atoms with van der Waals surface area (Å²) in [6.07, 6.45) is 5.86. The minimum Gasteiger partial charge on any atom is -0.381 e. The van der Waals surface area contributed by atoms with Gasteiger partial charge < -0.3 is 14.6 Å². The van der Waals surface area contributed by atoms with Crippen molar-refractivity contribution in [2.45, 2.75) is 63.6 Å². The zero-order valence-electron chi connectivity index (χ0n) is 18.6. The average molecular weight is 437 g/mol. The molecule has 1 aromatic carbocycles. The van der Waals surface area contributed by atoms with Gasteiger partial charge in [-0.15, -0.1) is 0 Å². The number of H-pyrrole nitrogens is 1. The summed E-state index contributed by atoms with van der Waals surface area (Å²) in [6, 6.07) is 10.5. The number of nitrogens with one attached hydrogen (secondary N) is 1. The first kappa shape index (κ1) is 21.3. The molecule has 5 rings (SSSR count). The molecular formula is C25H32N4O3. The van der Waals surface area contributed by atoms with Gasteiger partial charge in [0.05, 0.1) is 17.3 Å². The van der Waals surface area contributed by atoms with Gasteiger partial charge >= 0.3 is 0 Å². The second kappa shape index (κ2) is 9.55. The molecule has 0 spiro atoms. The van der Waals surface area contributed by atoms with Crippen LogP contribution in [0.1, 0.15) is 60.8 Å². The van der Waals surface area contributed by atoms with Gasteiger partial charge in [-0.1, -0.05) is 30.3 Å². The standard InChI is InChI=1S/C25H32N4O3/c30-23(9-8-18-5-2-1-3-6-18)29-13-4-7-22(29)24-26-21-10-14-28(17-20(21)25(31)27-24)19-11-15-32-16-12-19/h1-3,5-6,19,22H,4,7-17H2,(H,26,27,31)/t22-/m0/s1. The van der Waals surface area contributed by atoms with Crippen LogP contribution in [0, 0.1) is 0 Å². The predicted molar refractivity (Wildman–Crippen MR) is 121 cm³/mol. The lowest BCUT2D eigenvalue weighted by Gasteiger charge is -2.37. The van der Waals surface area contributed by atoms with Crippen LogP contribution in [-0.2, 0) is 28.9 Å². The Labute approximate surface area is 188 Å². The molecular weight excluding hydrogens is 404 g/mol. The Morgan fingerprint density at radius 3 is 2.75 bits per heavy atom. The van der Waals surface area contributed by atoms with Crippen molar-refractivity contribution in [3.05, 3.63) is 63.3 Å². The Morgan fingerprint density at radius 1 is 1.12 bits per heavy atom. The smallest absolute Gasteiger partial charge is 0.255 e. The van der Waals surface area contributed by atoms with E-state index in [-0.39, 0.29) is 17.5 Å². The van der Waals surface area contributed by atoms with E-state index in [9.17, 15) is 9.59 Å². The van der Waals surface area contributed by atoms with Crippen molar-refractivity contribution in [2.75, 3.05) is 26.3 Å². The maximum Gasteiger partial charge on any atom is 0.255 e. The number of amides is 1. The number of aryl methyl sites for hydroxylation is 1. The van der Waals surface area contributed by atoms with E-state index in [0.717, 1.165) is 76.1 Å². The lowest BCUT2D eigenvalue weighted by atomic mass is 10.0. The van der Waals surface area contributed by atoms with E-state index in [1.165, 1.54) is 5.56 Å². The third-order valence-electron chi connectivity index (χ3n) is 7.18. The number of ether oxygens (including phenoxy) is 1. The van der Waals surface area contributed by atoms with E-state index < -0.39 is 0 Å². The van der Waals surface area contributed by atoms with E-state index in [0.29, 0.717) is 24.8 Å². The highest BCUT2D eigenvalue weighted by molar-refractivity contribution is 5.77. The molecule has 2 aromatic rings. The van der Waals surface area contributed by atoms with E-state index in [2.05, 4.69) is 22.0 Å². The highest BCUT2D eigenvalue weighted by Gasteiger charge is 2.33. The lowest BCUT2D eigenvalue weighted by Crippen LogP contribution is -2.44. The van der Waals surface area contributed by atoms with Gasteiger partial charge in [-0.25, -0.2) is 4.98 Å². The van der Waals surface area contributed by atoms with Crippen molar-refractivity contribution < 1.29 is 9.53 Å². The third-order valence-corrected chi connectivity index (χ3v) is 7.18. The number of carbonyl (C=O) groups is 1. The topological polar surface area (TPSA) is 78.5 Å². The Morgan fingerprint density at radius 2 is 1.94 bits per heavy atom. The van der Waals surface area contributed by atoms with Crippen LogP contribution in [0.15, 0.2) is 35.1 Å². The number of aromatic amines is 1. The normalized spacial score (nSPS) is 22.1. The third kappa shape index (κ3) is 4.50. The molecule has 1 aromatic heterocycles. The van der Waals surface area contributed by atoms with Crippen molar-refractivity contribution in [3.8, 4) is 0 Å². The van der Waals surface area contributed by atoms with Crippen LogP contribution in [0.25, 0.3) is 0 Å². The number of likely N-dealkylation sites (tertiary alicyclic amines) is 1. The van der Waals surface area contributed by atoms with E-state index >= 15 is 0 Å². The Hall–Kier alpha value is -2.51. The number of hydrogen-bond donors (Lipinski definition) is 1. The summed E-state index contributed by atoms with van der Waals surface area (Å²) < 4.78 is 5.49. The molecule has 0 aliphatic carbocycles. The number of carbonyl (C=O) groups excluding carboxylic acids is 1. The zero-order chi connectivity index (χ0) is 21.9. The molecule has 0 saturated carbocycles. The minimum absolute atomic E-state index is 0.0367. The quantitative estimate of drug-likeness (QED) is 0.780. The molecule has 7 heteroatoms. The highest BCUT2D eigenvalue weighted by atomic mass is 16.5. The summed E-state index contributed by atoms with van der Waals surface area (Å²) >= 11 is 0. The molecule has 1 N–H and O–H groups in total. The number of rotatable bonds is 5. The summed E-state index contributed by atoms with van der Waals surface area (Å²) in [6.45, 7) is 3.93. The molecule has 0 unspecified atom stereocenters. The first-order valence-electron chi connectivity index (χ1n) is 12.0. The van der Waals surface area contributed by atoms with Crippen LogP contribution in [0.2, 0.25) is 0 Å². The SMILES string of the molecule is O=C(CCc1ccccc1)N1CCC[C@H]1c1nc2c(c(=O)[nH]1)CN(C1CCOCC1)CC2. The summed E-state index contributed by atoms with van der Waals surface area (Å²) in [5, 5.41) is 0. The molecule has 3 aliphatic heterocycles. The molecule has 1 amide bonds. The maximum absolute atomic E-state index is 13.0. The molecule has 4 heterocycles. The maximum atomic E-state index is 13.0. The predicted octanol–water partition coefficient (Wildman–Crippen LogP) is 2.60. The number of benzene rings is 1. The van der Waals surface area contributed by atoms with Crippen LogP contribution in [0.3, 0.4) is 0 Å². The number of hydrogen-bond acceptors (Lipinski definition) is 5. The van der Waals surface area contributed by atoms with Gasteiger partial charge in [0, 0.05) is 51.7 Å². The van der Waals surface area contributed by atoms with Crippen molar-refractivity contribution in [1.82, 2.24) is 19.8 Å².